The van der Waals surface area contributed by atoms with Crippen molar-refractivity contribution in [2.75, 3.05) is 7.11 Å². The first-order chi connectivity index (χ1) is 14.2. The molecule has 0 aliphatic heterocycles. The zero-order valence-corrected chi connectivity index (χ0v) is 16.7. The molecule has 1 fully saturated rings. The monoisotopic (exact) mass is 390 g/mol. The molecule has 5 heteroatoms. The van der Waals surface area contributed by atoms with E-state index in [1.165, 1.54) is 17.4 Å². The van der Waals surface area contributed by atoms with Crippen LogP contribution in [0.3, 0.4) is 0 Å². The largest absolute Gasteiger partial charge is 0.497 e. The number of nitrogens with zero attached hydrogens (tertiary/aromatic N) is 1. The van der Waals surface area contributed by atoms with Gasteiger partial charge in [-0.2, -0.15) is 0 Å². The van der Waals surface area contributed by atoms with Gasteiger partial charge in [0, 0.05) is 29.1 Å². The summed E-state index contributed by atoms with van der Waals surface area (Å²) >= 11 is 0. The third kappa shape index (κ3) is 4.04. The summed E-state index contributed by atoms with van der Waals surface area (Å²) in [5, 5.41) is 4.42. The van der Waals surface area contributed by atoms with Crippen molar-refractivity contribution >= 4 is 16.7 Å². The van der Waals surface area contributed by atoms with Gasteiger partial charge < -0.3 is 10.1 Å². The zero-order chi connectivity index (χ0) is 20.2. The lowest BCUT2D eigenvalue weighted by atomic mass is 10.0. The number of aromatic nitrogens is 1. The number of methoxy groups -OCH3 is 1. The van der Waals surface area contributed by atoms with E-state index in [1.807, 2.05) is 36.4 Å². The van der Waals surface area contributed by atoms with Gasteiger partial charge in [0.05, 0.1) is 18.4 Å². The van der Waals surface area contributed by atoms with Crippen LogP contribution in [-0.4, -0.2) is 23.6 Å². The highest BCUT2D eigenvalue weighted by Gasteiger charge is 2.19. The lowest BCUT2D eigenvalue weighted by molar-refractivity contribution is 0.0934. The third-order valence-corrected chi connectivity index (χ3v) is 5.69. The number of rotatable bonds is 4. The van der Waals surface area contributed by atoms with Gasteiger partial charge in [0.15, 0.2) is 0 Å². The Labute approximate surface area is 170 Å². The van der Waals surface area contributed by atoms with Crippen molar-refractivity contribution < 1.29 is 9.53 Å². The van der Waals surface area contributed by atoms with Crippen molar-refractivity contribution in [2.45, 2.75) is 44.6 Å². The summed E-state index contributed by atoms with van der Waals surface area (Å²) in [6, 6.07) is 14.8. The number of carbonyl (C=O) groups excluding carboxylic acids is 1. The summed E-state index contributed by atoms with van der Waals surface area (Å²) in [6.07, 6.45) is 8.44. The molecule has 2 aromatic carbocycles. The maximum atomic E-state index is 13.2. The summed E-state index contributed by atoms with van der Waals surface area (Å²) in [5.74, 6) is 0.539. The summed E-state index contributed by atoms with van der Waals surface area (Å²) < 4.78 is 6.83. The molecule has 0 radical (unpaired) electrons. The fraction of sp³-hybridized carbons (Fsp3) is 0.333. The normalized spacial score (nSPS) is 15.1. The second-order valence-corrected chi connectivity index (χ2v) is 7.63. The second-order valence-electron chi connectivity index (χ2n) is 7.63. The Morgan fingerprint density at radius 2 is 1.72 bits per heavy atom. The van der Waals surface area contributed by atoms with E-state index in [0.717, 1.165) is 25.7 Å². The smallest absolute Gasteiger partial charge is 0.262 e. The highest BCUT2D eigenvalue weighted by Crippen LogP contribution is 2.22. The van der Waals surface area contributed by atoms with Gasteiger partial charge in [0.1, 0.15) is 5.75 Å². The van der Waals surface area contributed by atoms with Gasteiger partial charge in [-0.25, -0.2) is 0 Å². The van der Waals surface area contributed by atoms with Crippen molar-refractivity contribution in [3.05, 3.63) is 70.6 Å². The van der Waals surface area contributed by atoms with Gasteiger partial charge in [-0.1, -0.05) is 49.9 Å². The maximum Gasteiger partial charge on any atom is 0.262 e. The van der Waals surface area contributed by atoms with Crippen LogP contribution in [0.25, 0.3) is 16.5 Å². The fourth-order valence-electron chi connectivity index (χ4n) is 4.11. The van der Waals surface area contributed by atoms with Crippen molar-refractivity contribution in [1.82, 2.24) is 9.88 Å². The van der Waals surface area contributed by atoms with Gasteiger partial charge in [-0.3, -0.25) is 14.2 Å². The Bertz CT molecular complexity index is 1080. The SMILES string of the molecule is COc1cccc(-n2cc(C(=O)NC3CCCCCC3)c3ccccc3c2=O)c1. The van der Waals surface area contributed by atoms with Crippen LogP contribution in [-0.2, 0) is 0 Å². The molecular formula is C24H26N2O3. The summed E-state index contributed by atoms with van der Waals surface area (Å²) in [4.78, 5) is 26.3. The molecule has 1 N–H and O–H groups in total. The molecule has 4 rings (SSSR count). The van der Waals surface area contributed by atoms with Gasteiger partial charge >= 0.3 is 0 Å². The minimum absolute atomic E-state index is 0.121. The number of nitrogens with one attached hydrogen (secondary N) is 1. The Morgan fingerprint density at radius 3 is 2.45 bits per heavy atom. The van der Waals surface area contributed by atoms with Crippen molar-refractivity contribution in [3.63, 3.8) is 0 Å². The average molecular weight is 390 g/mol. The molecule has 150 valence electrons. The molecule has 1 heterocycles. The predicted molar refractivity (Wildman–Crippen MR) is 115 cm³/mol. The van der Waals surface area contributed by atoms with E-state index in [-0.39, 0.29) is 17.5 Å². The molecule has 0 atom stereocenters. The standard InChI is InChI=1S/C24H26N2O3/c1-29-19-12-8-11-18(15-19)26-16-22(20-13-6-7-14-21(20)24(26)28)23(27)25-17-9-4-2-3-5-10-17/h6-8,11-17H,2-5,9-10H2,1H3,(H,25,27). The summed E-state index contributed by atoms with van der Waals surface area (Å²) in [5.41, 5.74) is 1.04. The molecule has 1 amide bonds. The molecule has 29 heavy (non-hydrogen) atoms. The minimum atomic E-state index is -0.153. The van der Waals surface area contributed by atoms with E-state index in [1.54, 1.807) is 25.4 Å². The molecule has 1 aliphatic carbocycles. The predicted octanol–water partition coefficient (Wildman–Crippen LogP) is 4.45. The third-order valence-electron chi connectivity index (χ3n) is 5.69. The topological polar surface area (TPSA) is 60.3 Å². The van der Waals surface area contributed by atoms with Crippen LogP contribution < -0.4 is 15.6 Å². The molecule has 0 bridgehead atoms. The number of amides is 1. The average Bonchev–Trinajstić information content (AvgIpc) is 3.03. The van der Waals surface area contributed by atoms with Gasteiger partial charge in [0.2, 0.25) is 0 Å². The van der Waals surface area contributed by atoms with Gasteiger partial charge in [-0.15, -0.1) is 0 Å². The van der Waals surface area contributed by atoms with Crippen LogP contribution >= 0.6 is 0 Å². The Morgan fingerprint density at radius 1 is 1.00 bits per heavy atom. The van der Waals surface area contributed by atoms with Crippen LogP contribution in [0.15, 0.2) is 59.5 Å². The van der Waals surface area contributed by atoms with Gasteiger partial charge in [-0.05, 0) is 31.0 Å². The van der Waals surface area contributed by atoms with Crippen molar-refractivity contribution in [3.8, 4) is 11.4 Å². The van der Waals surface area contributed by atoms with Crippen molar-refractivity contribution in [1.29, 1.82) is 0 Å². The Balaban J connectivity index is 1.79. The molecule has 1 aliphatic rings. The maximum absolute atomic E-state index is 13.2. The van der Waals surface area contributed by atoms with E-state index in [0.29, 0.717) is 27.8 Å². The molecule has 1 aromatic heterocycles. The lowest BCUT2D eigenvalue weighted by Crippen LogP contribution is -2.35. The van der Waals surface area contributed by atoms with E-state index in [9.17, 15) is 9.59 Å². The number of carbonyl (C=O) groups is 1. The molecule has 0 unspecified atom stereocenters. The highest BCUT2D eigenvalue weighted by molar-refractivity contribution is 6.06. The quantitative estimate of drug-likeness (QED) is 0.670. The lowest BCUT2D eigenvalue weighted by Gasteiger charge is -2.18. The summed E-state index contributed by atoms with van der Waals surface area (Å²) in [6.45, 7) is 0. The number of benzene rings is 2. The molecule has 1 saturated carbocycles. The van der Waals surface area contributed by atoms with Crippen molar-refractivity contribution in [2.24, 2.45) is 0 Å². The molecule has 0 spiro atoms. The first-order valence-electron chi connectivity index (χ1n) is 10.3. The van der Waals surface area contributed by atoms with Crippen LogP contribution in [0.4, 0.5) is 0 Å². The summed E-state index contributed by atoms with van der Waals surface area (Å²) in [7, 11) is 1.59. The molecule has 3 aromatic rings. The Hall–Kier alpha value is -3.08. The molecule has 5 nitrogen and oxygen atoms in total. The van der Waals surface area contributed by atoms with Gasteiger partial charge in [0.25, 0.3) is 11.5 Å². The number of hydrogen-bond acceptors (Lipinski definition) is 3. The Kier molecular flexibility index (Phi) is 5.65. The number of fused-ring (bicyclic) bond motifs is 1. The minimum Gasteiger partial charge on any atom is -0.497 e. The molecular weight excluding hydrogens is 364 g/mol. The van der Waals surface area contributed by atoms with Crippen LogP contribution in [0.5, 0.6) is 5.75 Å². The van der Waals surface area contributed by atoms with E-state index < -0.39 is 0 Å². The highest BCUT2D eigenvalue weighted by atomic mass is 16.5. The second kappa shape index (κ2) is 8.52. The van der Waals surface area contributed by atoms with E-state index >= 15 is 0 Å². The first kappa shape index (κ1) is 19.2. The van der Waals surface area contributed by atoms with Crippen LogP contribution in [0.2, 0.25) is 0 Å². The van der Waals surface area contributed by atoms with Crippen LogP contribution in [0, 0.1) is 0 Å². The zero-order valence-electron chi connectivity index (χ0n) is 16.7. The number of pyridine rings is 1. The van der Waals surface area contributed by atoms with E-state index in [2.05, 4.69) is 5.32 Å². The number of ether oxygens (including phenoxy) is 1. The van der Waals surface area contributed by atoms with Crippen LogP contribution in [0.1, 0.15) is 48.9 Å². The first-order valence-corrected chi connectivity index (χ1v) is 10.3. The molecule has 0 saturated heterocycles. The van der Waals surface area contributed by atoms with E-state index in [4.69, 9.17) is 4.74 Å². The fourth-order valence-corrected chi connectivity index (χ4v) is 4.11. The number of hydrogen-bond donors (Lipinski definition) is 1.